The molecule has 0 bridgehead atoms. The minimum atomic E-state index is -4.96. The Balaban J connectivity index is 1.70. The number of amides is 1. The van der Waals surface area contributed by atoms with Crippen molar-refractivity contribution in [3.05, 3.63) is 76.2 Å². The molecule has 1 unspecified atom stereocenters. The van der Waals surface area contributed by atoms with E-state index in [1.54, 1.807) is 0 Å². The molecular formula is C22H13F8N3O. The lowest BCUT2D eigenvalue weighted by Crippen LogP contribution is -2.36. The van der Waals surface area contributed by atoms with Gasteiger partial charge in [0, 0.05) is 11.4 Å². The van der Waals surface area contributed by atoms with Gasteiger partial charge in [0.1, 0.15) is 0 Å². The molecule has 1 N–H and O–H groups in total. The van der Waals surface area contributed by atoms with Crippen molar-refractivity contribution < 1.29 is 39.9 Å². The fourth-order valence-electron chi connectivity index (χ4n) is 3.52. The van der Waals surface area contributed by atoms with E-state index < -0.39 is 59.0 Å². The smallest absolute Gasteiger partial charge is 0.322 e. The van der Waals surface area contributed by atoms with E-state index >= 15 is 0 Å². The Kier molecular flexibility index (Phi) is 5.70. The number of hydrogen-bond donors (Lipinski definition) is 1. The molecule has 1 heterocycles. The lowest BCUT2D eigenvalue weighted by atomic mass is 10.0. The molecule has 1 amide bonds. The molecule has 12 heteroatoms. The Morgan fingerprint density at radius 3 is 2.29 bits per heavy atom. The second-order valence-corrected chi connectivity index (χ2v) is 7.40. The maximum Gasteiger partial charge on any atom is 0.450 e. The van der Waals surface area contributed by atoms with Crippen LogP contribution in [0.25, 0.3) is 17.8 Å². The van der Waals surface area contributed by atoms with Crippen molar-refractivity contribution in [2.24, 2.45) is 5.92 Å². The Bertz CT molecular complexity index is 1370. The van der Waals surface area contributed by atoms with Crippen molar-refractivity contribution in [2.75, 3.05) is 5.32 Å². The average molecular weight is 487 g/mol. The third-order valence-electron chi connectivity index (χ3n) is 5.12. The number of fused-ring (bicyclic) bond motifs is 1. The van der Waals surface area contributed by atoms with Crippen LogP contribution in [0.3, 0.4) is 0 Å². The molecule has 0 saturated carbocycles. The highest BCUT2D eigenvalue weighted by Gasteiger charge is 2.41. The van der Waals surface area contributed by atoms with Crippen LogP contribution in [0.1, 0.15) is 22.6 Å². The highest BCUT2D eigenvalue weighted by Crippen LogP contribution is 2.32. The Morgan fingerprint density at radius 1 is 1.00 bits per heavy atom. The molecule has 0 spiro atoms. The van der Waals surface area contributed by atoms with E-state index in [1.165, 1.54) is 24.3 Å². The van der Waals surface area contributed by atoms with Gasteiger partial charge in [-0.1, -0.05) is 12.1 Å². The van der Waals surface area contributed by atoms with Gasteiger partial charge in [0.15, 0.2) is 11.6 Å². The number of nitrogens with zero attached hydrogens (tertiary/aromatic N) is 2. The molecule has 0 fully saturated rings. The second-order valence-electron chi connectivity index (χ2n) is 7.40. The van der Waals surface area contributed by atoms with Crippen LogP contribution in [0.4, 0.5) is 40.8 Å². The summed E-state index contributed by atoms with van der Waals surface area (Å²) in [6, 6.07) is 7.79. The normalized spacial score (nSPS) is 15.8. The molecule has 178 valence electrons. The monoisotopic (exact) mass is 487 g/mol. The van der Waals surface area contributed by atoms with Crippen molar-refractivity contribution in [1.82, 2.24) is 9.55 Å². The lowest BCUT2D eigenvalue weighted by Gasteiger charge is -2.17. The third-order valence-corrected chi connectivity index (χ3v) is 5.12. The highest BCUT2D eigenvalue weighted by atomic mass is 19.4. The molecule has 0 saturated heterocycles. The first kappa shape index (κ1) is 23.5. The van der Waals surface area contributed by atoms with Gasteiger partial charge >= 0.3 is 12.4 Å². The zero-order chi connectivity index (χ0) is 24.8. The second kappa shape index (κ2) is 8.26. The zero-order valence-electron chi connectivity index (χ0n) is 16.8. The van der Waals surface area contributed by atoms with Crippen molar-refractivity contribution in [3.8, 4) is 5.69 Å². The first-order valence-electron chi connectivity index (χ1n) is 9.67. The van der Waals surface area contributed by atoms with Crippen LogP contribution in [0, 0.1) is 17.6 Å². The van der Waals surface area contributed by atoms with Crippen LogP contribution in [-0.4, -0.2) is 21.6 Å². The van der Waals surface area contributed by atoms with E-state index in [-0.39, 0.29) is 16.7 Å². The Hall–Kier alpha value is -3.70. The van der Waals surface area contributed by atoms with E-state index in [0.29, 0.717) is 10.6 Å². The zero-order valence-corrected chi connectivity index (χ0v) is 16.8. The number of anilines is 1. The molecule has 1 aliphatic carbocycles. The molecule has 2 aromatic carbocycles. The van der Waals surface area contributed by atoms with E-state index in [2.05, 4.69) is 10.3 Å². The largest absolute Gasteiger partial charge is 0.450 e. The fourth-order valence-corrected chi connectivity index (χ4v) is 3.52. The summed E-state index contributed by atoms with van der Waals surface area (Å²) in [6.45, 7) is 0. The Labute approximate surface area is 185 Å². The van der Waals surface area contributed by atoms with Gasteiger partial charge < -0.3 is 5.32 Å². The quantitative estimate of drug-likeness (QED) is 0.551. The minimum Gasteiger partial charge on any atom is -0.322 e. The van der Waals surface area contributed by atoms with Gasteiger partial charge in [0.05, 0.1) is 22.2 Å². The van der Waals surface area contributed by atoms with E-state index in [1.807, 2.05) is 0 Å². The number of carbonyl (C=O) groups excluding carboxylic acids is 1. The van der Waals surface area contributed by atoms with Gasteiger partial charge in [-0.25, -0.2) is 13.8 Å². The number of hydrogen-bond acceptors (Lipinski definition) is 2. The van der Waals surface area contributed by atoms with Crippen LogP contribution >= 0.6 is 0 Å². The predicted octanol–water partition coefficient (Wildman–Crippen LogP) is 4.56. The number of carbonyl (C=O) groups is 1. The molecule has 34 heavy (non-hydrogen) atoms. The van der Waals surface area contributed by atoms with Crippen LogP contribution in [0.15, 0.2) is 42.5 Å². The number of nitrogens with one attached hydrogen (secondary N) is 1. The SMILES string of the molecule is O=C(Nc1ccc(-n2c(C(F)(F)F)nc3c2=CCC(C(F)(F)F)C=3)cc1)c1cccc(F)c1F. The molecule has 1 aliphatic rings. The first-order chi connectivity index (χ1) is 15.9. The summed E-state index contributed by atoms with van der Waals surface area (Å²) in [4.78, 5) is 15.6. The fraction of sp³-hybridized carbons (Fsp3) is 0.182. The summed E-state index contributed by atoms with van der Waals surface area (Å²) in [7, 11) is 0. The minimum absolute atomic E-state index is 0.0626. The number of aromatic nitrogens is 2. The third kappa shape index (κ3) is 4.39. The van der Waals surface area contributed by atoms with Gasteiger partial charge in [-0.05, 0) is 48.9 Å². The van der Waals surface area contributed by atoms with Crippen LogP contribution in [-0.2, 0) is 6.18 Å². The molecule has 4 nitrogen and oxygen atoms in total. The summed E-state index contributed by atoms with van der Waals surface area (Å²) < 4.78 is 108. The van der Waals surface area contributed by atoms with E-state index in [4.69, 9.17) is 0 Å². The Morgan fingerprint density at radius 2 is 1.68 bits per heavy atom. The molecule has 1 aromatic heterocycles. The standard InChI is InChI=1S/C22H13F8N3O/c23-15-3-1-2-14(18(15)24)19(34)31-12-5-7-13(8-6-12)33-17-9-4-11(21(25,26)27)10-16(17)32-20(33)22(28,29)30/h1-3,5-11H,4H2,(H,31,34). The van der Waals surface area contributed by atoms with Crippen molar-refractivity contribution in [3.63, 3.8) is 0 Å². The first-order valence-corrected chi connectivity index (χ1v) is 9.67. The van der Waals surface area contributed by atoms with E-state index in [9.17, 15) is 39.9 Å². The summed E-state index contributed by atoms with van der Waals surface area (Å²) >= 11 is 0. The van der Waals surface area contributed by atoms with Crippen LogP contribution in [0.2, 0.25) is 0 Å². The molecule has 4 rings (SSSR count). The number of benzene rings is 2. The highest BCUT2D eigenvalue weighted by molar-refractivity contribution is 6.04. The molecule has 0 radical (unpaired) electrons. The summed E-state index contributed by atoms with van der Waals surface area (Å²) in [5, 5.41) is 1.71. The van der Waals surface area contributed by atoms with Gasteiger partial charge in [0.25, 0.3) is 5.91 Å². The molecule has 3 aromatic rings. The van der Waals surface area contributed by atoms with Gasteiger partial charge in [-0.15, -0.1) is 0 Å². The topological polar surface area (TPSA) is 46.9 Å². The van der Waals surface area contributed by atoms with Crippen LogP contribution < -0.4 is 16.0 Å². The number of rotatable bonds is 3. The number of alkyl halides is 6. The molecular weight excluding hydrogens is 474 g/mol. The average Bonchev–Trinajstić information content (AvgIpc) is 3.15. The van der Waals surface area contributed by atoms with Gasteiger partial charge in [-0.3, -0.25) is 9.36 Å². The molecule has 1 atom stereocenters. The lowest BCUT2D eigenvalue weighted by molar-refractivity contribution is -0.155. The van der Waals surface area contributed by atoms with Crippen LogP contribution in [0.5, 0.6) is 0 Å². The molecule has 0 aliphatic heterocycles. The van der Waals surface area contributed by atoms with Gasteiger partial charge in [-0.2, -0.15) is 26.3 Å². The summed E-state index contributed by atoms with van der Waals surface area (Å²) in [5.41, 5.74) is -0.588. The number of halogens is 8. The summed E-state index contributed by atoms with van der Waals surface area (Å²) in [5.74, 6) is -6.94. The maximum absolute atomic E-state index is 13.8. The van der Waals surface area contributed by atoms with Gasteiger partial charge in [0.2, 0.25) is 5.82 Å². The van der Waals surface area contributed by atoms with Crippen molar-refractivity contribution in [2.45, 2.75) is 18.8 Å². The number of imidazole rings is 1. The van der Waals surface area contributed by atoms with E-state index in [0.717, 1.165) is 24.3 Å². The maximum atomic E-state index is 13.8. The predicted molar refractivity (Wildman–Crippen MR) is 105 cm³/mol. The van der Waals surface area contributed by atoms with Crippen molar-refractivity contribution in [1.29, 1.82) is 0 Å². The van der Waals surface area contributed by atoms with Crippen molar-refractivity contribution >= 4 is 23.7 Å². The summed E-state index contributed by atoms with van der Waals surface area (Å²) in [6.07, 6.45) is -8.44.